The summed E-state index contributed by atoms with van der Waals surface area (Å²) in [6, 6.07) is 11.5. The summed E-state index contributed by atoms with van der Waals surface area (Å²) in [5.74, 6) is 1.44. The minimum Gasteiger partial charge on any atom is -0.495 e. The van der Waals surface area contributed by atoms with Crippen molar-refractivity contribution in [1.29, 1.82) is 0 Å². The minimum atomic E-state index is 0.588. The highest BCUT2D eigenvalue weighted by Gasteiger charge is 2.11. The van der Waals surface area contributed by atoms with E-state index in [2.05, 4.69) is 10.2 Å². The molecule has 0 spiro atoms. The zero-order valence-electron chi connectivity index (χ0n) is 10.8. The van der Waals surface area contributed by atoms with E-state index in [4.69, 9.17) is 10.5 Å². The molecule has 2 aromatic heterocycles. The number of fused-ring (bicyclic) bond motifs is 1. The summed E-state index contributed by atoms with van der Waals surface area (Å²) < 4.78 is 7.16. The van der Waals surface area contributed by atoms with Gasteiger partial charge in [0.15, 0.2) is 11.5 Å². The quantitative estimate of drug-likeness (QED) is 0.713. The molecule has 0 radical (unpaired) electrons. The van der Waals surface area contributed by atoms with Crippen LogP contribution in [0, 0.1) is 6.92 Å². The van der Waals surface area contributed by atoms with Crippen molar-refractivity contribution in [2.24, 2.45) is 0 Å². The lowest BCUT2D eigenvalue weighted by Crippen LogP contribution is -1.96. The van der Waals surface area contributed by atoms with Gasteiger partial charge in [0, 0.05) is 11.3 Å². The lowest BCUT2D eigenvalue weighted by atomic mass is 10.1. The van der Waals surface area contributed by atoms with Gasteiger partial charge in [0.2, 0.25) is 0 Å². The van der Waals surface area contributed by atoms with Crippen LogP contribution >= 0.6 is 0 Å². The highest BCUT2D eigenvalue weighted by atomic mass is 16.5. The molecule has 2 heterocycles. The van der Waals surface area contributed by atoms with E-state index in [1.165, 1.54) is 0 Å². The van der Waals surface area contributed by atoms with Crippen molar-refractivity contribution in [2.75, 3.05) is 12.8 Å². The van der Waals surface area contributed by atoms with Crippen molar-refractivity contribution in [1.82, 2.24) is 14.6 Å². The van der Waals surface area contributed by atoms with Crippen LogP contribution < -0.4 is 10.5 Å². The lowest BCUT2D eigenvalue weighted by Gasteiger charge is -2.07. The third-order valence-electron chi connectivity index (χ3n) is 3.11. The Balaban J connectivity index is 2.22. The smallest absolute Gasteiger partial charge is 0.168 e. The summed E-state index contributed by atoms with van der Waals surface area (Å²) in [6.45, 7) is 2.02. The van der Waals surface area contributed by atoms with Gasteiger partial charge in [-0.25, -0.2) is 0 Å². The number of rotatable bonds is 2. The number of anilines is 1. The summed E-state index contributed by atoms with van der Waals surface area (Å²) in [5, 5.41) is 8.41. The number of hydrogen-bond acceptors (Lipinski definition) is 4. The summed E-state index contributed by atoms with van der Waals surface area (Å²) in [4.78, 5) is 0. The molecule has 0 saturated heterocycles. The number of nitrogens with two attached hydrogens (primary N) is 1. The molecule has 2 N–H and O–H groups in total. The van der Waals surface area contributed by atoms with Gasteiger partial charge in [0.25, 0.3) is 0 Å². The van der Waals surface area contributed by atoms with E-state index in [-0.39, 0.29) is 0 Å². The fraction of sp³-hybridized carbons (Fsp3) is 0.143. The van der Waals surface area contributed by atoms with E-state index in [9.17, 15) is 0 Å². The average molecular weight is 254 g/mol. The second-order valence-corrected chi connectivity index (χ2v) is 4.34. The average Bonchev–Trinajstić information content (AvgIpc) is 2.84. The Kier molecular flexibility index (Phi) is 2.59. The monoisotopic (exact) mass is 254 g/mol. The zero-order chi connectivity index (χ0) is 13.4. The Labute approximate surface area is 110 Å². The number of pyridine rings is 1. The molecule has 1 aromatic carbocycles. The Morgan fingerprint density at radius 1 is 1.16 bits per heavy atom. The van der Waals surface area contributed by atoms with Gasteiger partial charge < -0.3 is 10.5 Å². The van der Waals surface area contributed by atoms with Gasteiger partial charge in [-0.05, 0) is 37.3 Å². The van der Waals surface area contributed by atoms with E-state index in [1.54, 1.807) is 7.11 Å². The number of nitrogen functional groups attached to an aromatic ring is 1. The second-order valence-electron chi connectivity index (χ2n) is 4.34. The fourth-order valence-corrected chi connectivity index (χ4v) is 2.16. The number of hydrogen-bond donors (Lipinski definition) is 1. The highest BCUT2D eigenvalue weighted by molar-refractivity contribution is 5.68. The lowest BCUT2D eigenvalue weighted by molar-refractivity contribution is 0.417. The first-order valence-corrected chi connectivity index (χ1v) is 5.95. The summed E-state index contributed by atoms with van der Waals surface area (Å²) >= 11 is 0. The Morgan fingerprint density at radius 3 is 2.74 bits per heavy atom. The number of methoxy groups -OCH3 is 1. The first-order chi connectivity index (χ1) is 9.20. The van der Waals surface area contributed by atoms with Crippen LogP contribution in [0.1, 0.15) is 5.69 Å². The van der Waals surface area contributed by atoms with Gasteiger partial charge >= 0.3 is 0 Å². The van der Waals surface area contributed by atoms with Gasteiger partial charge in [-0.1, -0.05) is 6.07 Å². The molecule has 3 rings (SSSR count). The first-order valence-electron chi connectivity index (χ1n) is 5.95. The maximum atomic E-state index is 5.94. The molecule has 0 aliphatic rings. The molecule has 0 bridgehead atoms. The molecular weight excluding hydrogens is 240 g/mol. The largest absolute Gasteiger partial charge is 0.495 e. The molecule has 0 saturated carbocycles. The maximum absolute atomic E-state index is 5.94. The zero-order valence-corrected chi connectivity index (χ0v) is 10.8. The number of aryl methyl sites for hydroxylation is 1. The number of ether oxygens (including phenoxy) is 1. The highest BCUT2D eigenvalue weighted by Crippen LogP contribution is 2.28. The van der Waals surface area contributed by atoms with E-state index in [1.807, 2.05) is 47.7 Å². The molecule has 5 nitrogen and oxygen atoms in total. The molecule has 0 aliphatic carbocycles. The topological polar surface area (TPSA) is 65.4 Å². The van der Waals surface area contributed by atoms with E-state index in [0.717, 1.165) is 22.7 Å². The van der Waals surface area contributed by atoms with Gasteiger partial charge in [-0.2, -0.15) is 0 Å². The van der Waals surface area contributed by atoms with Crippen molar-refractivity contribution in [3.63, 3.8) is 0 Å². The van der Waals surface area contributed by atoms with Crippen LogP contribution in [0.15, 0.2) is 36.4 Å². The first kappa shape index (κ1) is 11.5. The third-order valence-corrected chi connectivity index (χ3v) is 3.11. The second kappa shape index (κ2) is 4.28. The van der Waals surface area contributed by atoms with Crippen molar-refractivity contribution in [2.45, 2.75) is 6.92 Å². The number of aromatic nitrogens is 3. The molecule has 0 unspecified atom stereocenters. The van der Waals surface area contributed by atoms with Crippen LogP contribution in [0.2, 0.25) is 0 Å². The van der Waals surface area contributed by atoms with Crippen molar-refractivity contribution >= 4 is 11.3 Å². The molecule has 0 fully saturated rings. The SMILES string of the molecule is COc1ccc(-c2nnc3cccc(C)n23)cc1N. The number of benzene rings is 1. The van der Waals surface area contributed by atoms with Crippen molar-refractivity contribution in [3.8, 4) is 17.1 Å². The summed E-state index contributed by atoms with van der Waals surface area (Å²) in [7, 11) is 1.60. The van der Waals surface area contributed by atoms with Crippen LogP contribution in [-0.2, 0) is 0 Å². The predicted molar refractivity (Wildman–Crippen MR) is 74.1 cm³/mol. The molecular formula is C14H14N4O. The van der Waals surface area contributed by atoms with Crippen molar-refractivity contribution in [3.05, 3.63) is 42.1 Å². The Bertz CT molecular complexity index is 748. The molecule has 0 aliphatic heterocycles. The molecule has 0 atom stereocenters. The predicted octanol–water partition coefficient (Wildman–Crippen LogP) is 2.30. The van der Waals surface area contributed by atoms with Gasteiger partial charge in [0.1, 0.15) is 5.75 Å². The summed E-state index contributed by atoms with van der Waals surface area (Å²) in [5.41, 5.74) is 9.34. The normalized spacial score (nSPS) is 10.8. The van der Waals surface area contributed by atoms with Crippen molar-refractivity contribution < 1.29 is 4.74 Å². The van der Waals surface area contributed by atoms with E-state index in [0.29, 0.717) is 11.4 Å². The van der Waals surface area contributed by atoms with Crippen LogP contribution in [0.25, 0.3) is 17.0 Å². The standard InChI is InChI=1S/C14H14N4O/c1-9-4-3-5-13-16-17-14(18(9)13)10-6-7-12(19-2)11(15)8-10/h3-8H,15H2,1-2H3. The molecule has 5 heteroatoms. The van der Waals surface area contributed by atoms with Crippen LogP contribution in [0.4, 0.5) is 5.69 Å². The van der Waals surface area contributed by atoms with Gasteiger partial charge in [-0.15, -0.1) is 10.2 Å². The van der Waals surface area contributed by atoms with Crippen LogP contribution in [-0.4, -0.2) is 21.7 Å². The summed E-state index contributed by atoms with van der Waals surface area (Å²) in [6.07, 6.45) is 0. The molecule has 3 aromatic rings. The van der Waals surface area contributed by atoms with Gasteiger partial charge in [0.05, 0.1) is 12.8 Å². The third kappa shape index (κ3) is 1.79. The Hall–Kier alpha value is -2.56. The molecule has 19 heavy (non-hydrogen) atoms. The minimum absolute atomic E-state index is 0.588. The molecule has 0 amide bonds. The molecule has 96 valence electrons. The van der Waals surface area contributed by atoms with Crippen LogP contribution in [0.3, 0.4) is 0 Å². The maximum Gasteiger partial charge on any atom is 0.168 e. The van der Waals surface area contributed by atoms with Crippen LogP contribution in [0.5, 0.6) is 5.75 Å². The fourth-order valence-electron chi connectivity index (χ4n) is 2.16. The van der Waals surface area contributed by atoms with E-state index >= 15 is 0 Å². The number of nitrogens with zero attached hydrogens (tertiary/aromatic N) is 3. The van der Waals surface area contributed by atoms with Gasteiger partial charge in [-0.3, -0.25) is 4.40 Å². The van der Waals surface area contributed by atoms with E-state index < -0.39 is 0 Å². The Morgan fingerprint density at radius 2 is 2.00 bits per heavy atom.